The minimum atomic E-state index is -0.806. The Bertz CT molecular complexity index is 1290. The third kappa shape index (κ3) is 4.93. The zero-order valence-electron chi connectivity index (χ0n) is 18.5. The maximum absolute atomic E-state index is 12.8. The zero-order chi connectivity index (χ0) is 24.9. The molecule has 4 rings (SSSR count). The maximum Gasteiger partial charge on any atom is 0.338 e. The maximum atomic E-state index is 12.8. The highest BCUT2D eigenvalue weighted by Gasteiger charge is 2.36. The fourth-order valence-electron chi connectivity index (χ4n) is 3.71. The molecule has 9 nitrogen and oxygen atoms in total. The van der Waals surface area contributed by atoms with Crippen LogP contribution in [0.5, 0.6) is 0 Å². The van der Waals surface area contributed by atoms with Crippen molar-refractivity contribution >= 4 is 41.0 Å². The lowest BCUT2D eigenvalue weighted by molar-refractivity contribution is -0.121. The quantitative estimate of drug-likeness (QED) is 0.397. The molecule has 9 heteroatoms. The van der Waals surface area contributed by atoms with Crippen molar-refractivity contribution in [3.63, 3.8) is 0 Å². The number of anilines is 2. The van der Waals surface area contributed by atoms with E-state index in [0.717, 1.165) is 4.90 Å². The second-order valence-electron chi connectivity index (χ2n) is 7.71. The van der Waals surface area contributed by atoms with Gasteiger partial charge in [-0.05, 0) is 42.5 Å². The number of nitrogens with two attached hydrogens (primary N) is 1. The van der Waals surface area contributed by atoms with Crippen molar-refractivity contribution in [2.24, 2.45) is 5.73 Å². The fourth-order valence-corrected chi connectivity index (χ4v) is 3.71. The van der Waals surface area contributed by atoms with Gasteiger partial charge in [-0.25, -0.2) is 9.69 Å². The Hall–Kier alpha value is -4.79. The number of imide groups is 1. The molecule has 0 aliphatic carbocycles. The molecule has 0 aromatic heterocycles. The molecule has 2 N–H and O–H groups in total. The van der Waals surface area contributed by atoms with E-state index in [0.29, 0.717) is 5.69 Å². The van der Waals surface area contributed by atoms with Crippen LogP contribution in [0.2, 0.25) is 0 Å². The summed E-state index contributed by atoms with van der Waals surface area (Å²) in [5.74, 6) is -2.89. The van der Waals surface area contributed by atoms with Gasteiger partial charge in [0.2, 0.25) is 5.91 Å². The van der Waals surface area contributed by atoms with Gasteiger partial charge in [-0.2, -0.15) is 0 Å². The molecule has 3 aromatic rings. The topological polar surface area (TPSA) is 127 Å². The average Bonchev–Trinajstić information content (AvgIpc) is 3.13. The zero-order valence-corrected chi connectivity index (χ0v) is 18.5. The normalized spacial score (nSPS) is 12.3. The van der Waals surface area contributed by atoms with E-state index in [1.807, 2.05) is 0 Å². The van der Waals surface area contributed by atoms with Crippen LogP contribution in [0.3, 0.4) is 0 Å². The van der Waals surface area contributed by atoms with Gasteiger partial charge in [0.15, 0.2) is 6.61 Å². The highest BCUT2D eigenvalue weighted by Crippen LogP contribution is 2.28. The number of nitrogens with zero attached hydrogens (tertiary/aromatic N) is 2. The van der Waals surface area contributed by atoms with E-state index in [-0.39, 0.29) is 35.3 Å². The van der Waals surface area contributed by atoms with E-state index < -0.39 is 36.2 Å². The lowest BCUT2D eigenvalue weighted by Gasteiger charge is -2.22. The number of fused-ring (bicyclic) bond motifs is 1. The second kappa shape index (κ2) is 10.0. The number of primary amides is 1. The Morgan fingerprint density at radius 2 is 1.46 bits per heavy atom. The molecule has 3 aromatic carbocycles. The van der Waals surface area contributed by atoms with Crippen LogP contribution in [0.4, 0.5) is 11.4 Å². The van der Waals surface area contributed by atoms with Gasteiger partial charge in [0.25, 0.3) is 17.7 Å². The molecule has 0 spiro atoms. The van der Waals surface area contributed by atoms with E-state index in [1.165, 1.54) is 29.2 Å². The number of amides is 4. The molecule has 0 atom stereocenters. The number of hydrogen-bond acceptors (Lipinski definition) is 6. The van der Waals surface area contributed by atoms with Gasteiger partial charge in [0.1, 0.15) is 0 Å². The van der Waals surface area contributed by atoms with Crippen LogP contribution in [0.25, 0.3) is 0 Å². The van der Waals surface area contributed by atoms with Crippen LogP contribution in [0.1, 0.15) is 37.5 Å². The summed E-state index contributed by atoms with van der Waals surface area (Å²) in [6, 6.07) is 20.9. The largest absolute Gasteiger partial charge is 0.452 e. The van der Waals surface area contributed by atoms with Gasteiger partial charge in [-0.1, -0.05) is 36.4 Å². The Balaban J connectivity index is 1.46. The average molecular weight is 471 g/mol. The predicted molar refractivity (Wildman–Crippen MR) is 127 cm³/mol. The molecule has 0 fully saturated rings. The molecule has 4 amide bonds. The number of rotatable bonds is 8. The molecule has 0 unspecified atom stereocenters. The third-order valence-corrected chi connectivity index (χ3v) is 5.41. The van der Waals surface area contributed by atoms with Gasteiger partial charge < -0.3 is 15.4 Å². The van der Waals surface area contributed by atoms with E-state index in [9.17, 15) is 24.0 Å². The standard InChI is InChI=1S/C26H21N3O6/c27-22(30)13-14-28(18-8-2-1-3-9-18)23(31)16-35-26(34)17-7-6-10-19(15-17)29-24(32)20-11-4-5-12-21(20)25(29)33/h1-12,15H,13-14,16H2,(H2,27,30). The van der Waals surface area contributed by atoms with Crippen LogP contribution < -0.4 is 15.5 Å². The van der Waals surface area contributed by atoms with E-state index in [1.54, 1.807) is 54.6 Å². The molecule has 0 radical (unpaired) electrons. The summed E-state index contributed by atoms with van der Waals surface area (Å²) in [6.07, 6.45) is -0.0586. The number of para-hydroxylation sites is 1. The van der Waals surface area contributed by atoms with Crippen LogP contribution in [0, 0.1) is 0 Å². The first kappa shape index (κ1) is 23.4. The lowest BCUT2D eigenvalue weighted by atomic mass is 10.1. The Morgan fingerprint density at radius 1 is 0.829 bits per heavy atom. The minimum Gasteiger partial charge on any atom is -0.452 e. The summed E-state index contributed by atoms with van der Waals surface area (Å²) in [6.45, 7) is -0.547. The second-order valence-corrected chi connectivity index (χ2v) is 7.71. The molecular weight excluding hydrogens is 450 g/mol. The Morgan fingerprint density at radius 3 is 2.09 bits per heavy atom. The van der Waals surface area contributed by atoms with E-state index in [4.69, 9.17) is 10.5 Å². The number of carbonyl (C=O) groups excluding carboxylic acids is 5. The number of ether oxygens (including phenoxy) is 1. The highest BCUT2D eigenvalue weighted by atomic mass is 16.5. The molecule has 0 bridgehead atoms. The summed E-state index contributed by atoms with van der Waals surface area (Å²) in [7, 11) is 0. The fraction of sp³-hybridized carbons (Fsp3) is 0.115. The highest BCUT2D eigenvalue weighted by molar-refractivity contribution is 6.34. The van der Waals surface area contributed by atoms with E-state index in [2.05, 4.69) is 0 Å². The van der Waals surface area contributed by atoms with Crippen LogP contribution in [0.15, 0.2) is 78.9 Å². The van der Waals surface area contributed by atoms with Crippen molar-refractivity contribution in [1.82, 2.24) is 0 Å². The Labute approximate surface area is 200 Å². The van der Waals surface area contributed by atoms with Crippen LogP contribution in [-0.2, 0) is 14.3 Å². The van der Waals surface area contributed by atoms with Gasteiger partial charge >= 0.3 is 5.97 Å². The number of hydrogen-bond donors (Lipinski definition) is 1. The number of benzene rings is 3. The van der Waals surface area contributed by atoms with Gasteiger partial charge in [-0.3, -0.25) is 19.2 Å². The SMILES string of the molecule is NC(=O)CCN(C(=O)COC(=O)c1cccc(N2C(=O)c3ccccc3C2=O)c1)c1ccccc1. The summed E-state index contributed by atoms with van der Waals surface area (Å²) < 4.78 is 5.20. The molecular formula is C26H21N3O6. The van der Waals surface area contributed by atoms with Gasteiger partial charge in [0.05, 0.1) is 22.4 Å². The van der Waals surface area contributed by atoms with E-state index >= 15 is 0 Å². The van der Waals surface area contributed by atoms with Crippen molar-refractivity contribution in [1.29, 1.82) is 0 Å². The first-order valence-corrected chi connectivity index (χ1v) is 10.8. The third-order valence-electron chi connectivity index (χ3n) is 5.41. The number of esters is 1. The smallest absolute Gasteiger partial charge is 0.338 e. The van der Waals surface area contributed by atoms with Gasteiger partial charge in [0, 0.05) is 18.7 Å². The van der Waals surface area contributed by atoms with Crippen molar-refractivity contribution in [2.45, 2.75) is 6.42 Å². The molecule has 0 saturated carbocycles. The monoisotopic (exact) mass is 471 g/mol. The summed E-state index contributed by atoms with van der Waals surface area (Å²) in [5.41, 5.74) is 6.59. The predicted octanol–water partition coefficient (Wildman–Crippen LogP) is 2.55. The van der Waals surface area contributed by atoms with Crippen molar-refractivity contribution in [3.05, 3.63) is 95.6 Å². The summed E-state index contributed by atoms with van der Waals surface area (Å²) in [4.78, 5) is 64.4. The van der Waals surface area contributed by atoms with Crippen molar-refractivity contribution < 1.29 is 28.7 Å². The summed E-state index contributed by atoms with van der Waals surface area (Å²) >= 11 is 0. The molecule has 1 aliphatic rings. The first-order chi connectivity index (χ1) is 16.9. The number of carbonyl (C=O) groups is 5. The van der Waals surface area contributed by atoms with Crippen molar-refractivity contribution in [2.75, 3.05) is 23.0 Å². The molecule has 0 saturated heterocycles. The minimum absolute atomic E-state index is 0.0327. The Kier molecular flexibility index (Phi) is 6.68. The van der Waals surface area contributed by atoms with Crippen molar-refractivity contribution in [3.8, 4) is 0 Å². The first-order valence-electron chi connectivity index (χ1n) is 10.8. The summed E-state index contributed by atoms with van der Waals surface area (Å²) in [5, 5.41) is 0. The lowest BCUT2D eigenvalue weighted by Crippen LogP contribution is -2.37. The molecule has 1 heterocycles. The van der Waals surface area contributed by atoms with Crippen LogP contribution >= 0.6 is 0 Å². The molecule has 1 aliphatic heterocycles. The molecule has 176 valence electrons. The van der Waals surface area contributed by atoms with Gasteiger partial charge in [-0.15, -0.1) is 0 Å². The molecule has 35 heavy (non-hydrogen) atoms. The van der Waals surface area contributed by atoms with Crippen LogP contribution in [-0.4, -0.2) is 42.7 Å².